The van der Waals surface area contributed by atoms with E-state index >= 15 is 0 Å². The van der Waals surface area contributed by atoms with Crippen LogP contribution in [0.2, 0.25) is 10.0 Å². The number of hydrogen-bond acceptors (Lipinski definition) is 2. The van der Waals surface area contributed by atoms with E-state index in [1.54, 1.807) is 0 Å². The molecule has 0 fully saturated rings. The first-order chi connectivity index (χ1) is 9.50. The van der Waals surface area contributed by atoms with E-state index in [0.717, 1.165) is 12.8 Å². The fourth-order valence-electron chi connectivity index (χ4n) is 2.48. The minimum absolute atomic E-state index is 0.0585. The van der Waals surface area contributed by atoms with Crippen molar-refractivity contribution in [2.75, 3.05) is 0 Å². The van der Waals surface area contributed by atoms with E-state index in [4.69, 9.17) is 23.2 Å². The van der Waals surface area contributed by atoms with E-state index in [0.29, 0.717) is 13.1 Å². The Morgan fingerprint density at radius 3 is 2.40 bits per heavy atom. The number of halogens is 3. The first kappa shape index (κ1) is 13.5. The molecule has 2 aromatic rings. The second-order valence-electron chi connectivity index (χ2n) is 4.71. The van der Waals surface area contributed by atoms with Crippen molar-refractivity contribution < 1.29 is 9.50 Å². The summed E-state index contributed by atoms with van der Waals surface area (Å²) in [7, 11) is 0. The summed E-state index contributed by atoms with van der Waals surface area (Å²) in [5.41, 5.74) is -0.403. The monoisotopic (exact) mass is 316 g/mol. The molecule has 0 saturated carbocycles. The van der Waals surface area contributed by atoms with Crippen molar-refractivity contribution in [2.24, 2.45) is 0 Å². The highest BCUT2D eigenvalue weighted by molar-refractivity contribution is 6.37. The summed E-state index contributed by atoms with van der Waals surface area (Å²) < 4.78 is 17.1. The third kappa shape index (κ3) is 1.93. The quantitative estimate of drug-likeness (QED) is 0.877. The van der Waals surface area contributed by atoms with Gasteiger partial charge in [-0.3, -0.25) is 9.48 Å². The van der Waals surface area contributed by atoms with Crippen LogP contribution in [0.1, 0.15) is 12.8 Å². The van der Waals surface area contributed by atoms with Crippen LogP contribution in [0.3, 0.4) is 0 Å². The van der Waals surface area contributed by atoms with Crippen LogP contribution in [-0.2, 0) is 13.1 Å². The predicted octanol–water partition coefficient (Wildman–Crippen LogP) is 3.26. The molecule has 0 bridgehead atoms. The van der Waals surface area contributed by atoms with Crippen molar-refractivity contribution in [1.82, 2.24) is 9.36 Å². The van der Waals surface area contributed by atoms with E-state index in [9.17, 15) is 14.3 Å². The van der Waals surface area contributed by atoms with Crippen molar-refractivity contribution in [3.05, 3.63) is 38.5 Å². The molecule has 1 N–H and O–H groups in total. The minimum Gasteiger partial charge on any atom is -0.506 e. The van der Waals surface area contributed by atoms with Crippen LogP contribution in [0.5, 0.6) is 5.75 Å². The molecule has 1 aliphatic rings. The van der Waals surface area contributed by atoms with Crippen LogP contribution in [-0.4, -0.2) is 14.5 Å². The zero-order chi connectivity index (χ0) is 14.4. The van der Waals surface area contributed by atoms with Crippen LogP contribution in [0.15, 0.2) is 16.9 Å². The maximum Gasteiger partial charge on any atom is 0.277 e. The van der Waals surface area contributed by atoms with E-state index in [1.807, 2.05) is 0 Å². The molecule has 0 spiro atoms. The van der Waals surface area contributed by atoms with Crippen molar-refractivity contribution in [3.63, 3.8) is 0 Å². The van der Waals surface area contributed by atoms with Gasteiger partial charge in [-0.05, 0) is 25.0 Å². The van der Waals surface area contributed by atoms with Gasteiger partial charge in [0.1, 0.15) is 11.3 Å². The average Bonchev–Trinajstić information content (AvgIpc) is 2.68. The van der Waals surface area contributed by atoms with Gasteiger partial charge in [0, 0.05) is 18.7 Å². The Morgan fingerprint density at radius 1 is 1.10 bits per heavy atom. The number of phenols is 1. The summed E-state index contributed by atoms with van der Waals surface area (Å²) >= 11 is 11.8. The van der Waals surface area contributed by atoms with Crippen molar-refractivity contribution in [3.8, 4) is 16.9 Å². The first-order valence-electron chi connectivity index (χ1n) is 6.18. The van der Waals surface area contributed by atoms with Crippen LogP contribution in [0, 0.1) is 5.95 Å². The molecule has 106 valence electrons. The number of fused-ring (bicyclic) bond motifs is 1. The van der Waals surface area contributed by atoms with Gasteiger partial charge in [-0.2, -0.15) is 4.39 Å². The molecule has 4 nitrogen and oxygen atoms in total. The lowest BCUT2D eigenvalue weighted by molar-refractivity contribution is 0.310. The second-order valence-corrected chi connectivity index (χ2v) is 5.52. The maximum absolute atomic E-state index is 14.4. The summed E-state index contributed by atoms with van der Waals surface area (Å²) in [6.45, 7) is 0.936. The number of nitrogens with zero attached hydrogens (tertiary/aromatic N) is 2. The maximum atomic E-state index is 14.4. The van der Waals surface area contributed by atoms with Gasteiger partial charge in [0.05, 0.1) is 10.0 Å². The van der Waals surface area contributed by atoms with Crippen molar-refractivity contribution in [2.45, 2.75) is 25.9 Å². The third-order valence-corrected chi connectivity index (χ3v) is 4.08. The normalized spacial score (nSPS) is 14.3. The summed E-state index contributed by atoms with van der Waals surface area (Å²) in [5, 5.41) is 9.83. The molecule has 0 radical (unpaired) electrons. The van der Waals surface area contributed by atoms with Crippen molar-refractivity contribution >= 4 is 23.2 Å². The molecule has 1 aliphatic heterocycles. The zero-order valence-electron chi connectivity index (χ0n) is 10.4. The Labute approximate surface area is 123 Å². The molecular formula is C13H11Cl2FN2O2. The summed E-state index contributed by atoms with van der Waals surface area (Å²) in [5.74, 6) is -0.864. The molecule has 0 atom stereocenters. The lowest BCUT2D eigenvalue weighted by Gasteiger charge is -2.16. The van der Waals surface area contributed by atoms with Gasteiger partial charge in [-0.15, -0.1) is 0 Å². The van der Waals surface area contributed by atoms with Gasteiger partial charge >= 0.3 is 0 Å². The van der Waals surface area contributed by atoms with Gasteiger partial charge < -0.3 is 5.11 Å². The Morgan fingerprint density at radius 2 is 1.75 bits per heavy atom. The standard InChI is InChI=1S/C13H11Cl2FN2O2/c14-8-6-9(15)10(19)5-7(8)11-12(16)17-3-1-2-4-18(17)13(11)20/h5-6,19H,1-4H2. The fraction of sp³-hybridized carbons (Fsp3) is 0.308. The molecule has 1 aromatic heterocycles. The topological polar surface area (TPSA) is 47.2 Å². The Bertz CT molecular complexity index is 752. The Balaban J connectivity index is 2.28. The Kier molecular flexibility index (Phi) is 3.26. The highest BCUT2D eigenvalue weighted by atomic mass is 35.5. The summed E-state index contributed by atoms with van der Waals surface area (Å²) in [4.78, 5) is 12.3. The molecule has 0 aliphatic carbocycles. The number of hydrogen-bond donors (Lipinski definition) is 1. The number of benzene rings is 1. The zero-order valence-corrected chi connectivity index (χ0v) is 11.9. The predicted molar refractivity (Wildman–Crippen MR) is 75.0 cm³/mol. The van der Waals surface area contributed by atoms with Crippen LogP contribution in [0.4, 0.5) is 4.39 Å². The number of phenolic OH excluding ortho intramolecular Hbond substituents is 1. The summed E-state index contributed by atoms with van der Waals surface area (Å²) in [6.07, 6.45) is 1.66. The number of rotatable bonds is 1. The smallest absolute Gasteiger partial charge is 0.277 e. The molecule has 0 amide bonds. The van der Waals surface area contributed by atoms with Crippen LogP contribution >= 0.6 is 23.2 Å². The molecule has 3 rings (SSSR count). The van der Waals surface area contributed by atoms with Gasteiger partial charge in [0.15, 0.2) is 0 Å². The molecule has 7 heteroatoms. The summed E-state index contributed by atoms with van der Waals surface area (Å²) in [6, 6.07) is 2.52. The molecule has 1 aromatic carbocycles. The van der Waals surface area contributed by atoms with Gasteiger partial charge in [0.25, 0.3) is 5.56 Å². The second kappa shape index (κ2) is 4.82. The SMILES string of the molecule is O=c1c(-c2cc(O)c(Cl)cc2Cl)c(F)n2n1CCCC2. The number of aromatic nitrogens is 2. The molecule has 2 heterocycles. The third-order valence-electron chi connectivity index (χ3n) is 3.47. The average molecular weight is 317 g/mol. The van der Waals surface area contributed by atoms with E-state index in [2.05, 4.69) is 0 Å². The molecule has 0 saturated heterocycles. The van der Waals surface area contributed by atoms with Crippen molar-refractivity contribution in [1.29, 1.82) is 0 Å². The largest absolute Gasteiger partial charge is 0.506 e. The lowest BCUT2D eigenvalue weighted by Crippen LogP contribution is -2.27. The van der Waals surface area contributed by atoms with E-state index in [-0.39, 0.29) is 26.9 Å². The number of aromatic hydroxyl groups is 1. The van der Waals surface area contributed by atoms with Crippen LogP contribution in [0.25, 0.3) is 11.1 Å². The minimum atomic E-state index is -0.627. The fourth-order valence-corrected chi connectivity index (χ4v) is 2.96. The van der Waals surface area contributed by atoms with E-state index in [1.165, 1.54) is 21.5 Å². The van der Waals surface area contributed by atoms with Gasteiger partial charge in [0.2, 0.25) is 5.95 Å². The molecular weight excluding hydrogens is 306 g/mol. The van der Waals surface area contributed by atoms with E-state index < -0.39 is 11.5 Å². The van der Waals surface area contributed by atoms with Gasteiger partial charge in [-0.25, -0.2) is 4.68 Å². The molecule has 20 heavy (non-hydrogen) atoms. The highest BCUT2D eigenvalue weighted by Crippen LogP contribution is 2.36. The van der Waals surface area contributed by atoms with Gasteiger partial charge in [-0.1, -0.05) is 23.2 Å². The lowest BCUT2D eigenvalue weighted by atomic mass is 10.1. The highest BCUT2D eigenvalue weighted by Gasteiger charge is 2.25. The molecule has 0 unspecified atom stereocenters. The Hall–Kier alpha value is -1.46. The first-order valence-corrected chi connectivity index (χ1v) is 6.93. The van der Waals surface area contributed by atoms with Crippen LogP contribution < -0.4 is 5.56 Å².